The monoisotopic (exact) mass is 653 g/mol. The summed E-state index contributed by atoms with van der Waals surface area (Å²) in [6.45, 7) is 7.09. The van der Waals surface area contributed by atoms with E-state index in [-0.39, 0.29) is 6.23 Å². The largest absolute Gasteiger partial charge is 0.465 e. The Balaban J connectivity index is 0.967. The van der Waals surface area contributed by atoms with Gasteiger partial charge in [-0.3, -0.25) is 0 Å². The molecule has 1 unspecified atom stereocenters. The summed E-state index contributed by atoms with van der Waals surface area (Å²) < 4.78 is 21.5. The highest BCUT2D eigenvalue weighted by Crippen LogP contribution is 2.40. The fraction of sp³-hybridized carbons (Fsp3) is 0.310. The molecule has 0 spiro atoms. The van der Waals surface area contributed by atoms with E-state index in [1.165, 1.54) is 47.2 Å². The van der Waals surface area contributed by atoms with Crippen molar-refractivity contribution in [1.82, 2.24) is 9.80 Å². The van der Waals surface area contributed by atoms with Gasteiger partial charge in [0.15, 0.2) is 12.8 Å². The lowest BCUT2D eigenvalue weighted by Gasteiger charge is -2.23. The van der Waals surface area contributed by atoms with Crippen LogP contribution in [0.15, 0.2) is 120 Å². The molecule has 2 fully saturated rings. The Labute approximate surface area is 288 Å². The van der Waals surface area contributed by atoms with E-state index in [0.29, 0.717) is 26.3 Å². The molecule has 4 aromatic carbocycles. The maximum atomic E-state index is 6.50. The van der Waals surface area contributed by atoms with Crippen molar-refractivity contribution < 1.29 is 18.5 Å². The zero-order chi connectivity index (χ0) is 32.8. The Morgan fingerprint density at radius 2 is 1.35 bits per heavy atom. The first kappa shape index (κ1) is 31.3. The second-order valence-corrected chi connectivity index (χ2v) is 13.2. The van der Waals surface area contributed by atoms with Gasteiger partial charge in [0.05, 0.1) is 18.4 Å². The fourth-order valence-corrected chi connectivity index (χ4v) is 7.23. The molecule has 250 valence electrons. The number of aromatic nitrogens is 1. The predicted molar refractivity (Wildman–Crippen MR) is 199 cm³/mol. The molecule has 0 bridgehead atoms. The van der Waals surface area contributed by atoms with Crippen LogP contribution in [0.3, 0.4) is 0 Å². The molecule has 7 heteroatoms. The van der Waals surface area contributed by atoms with Crippen molar-refractivity contribution in [2.45, 2.75) is 38.5 Å². The number of hydrogen-bond acceptors (Lipinski definition) is 6. The fourth-order valence-electron chi connectivity index (χ4n) is 7.23. The van der Waals surface area contributed by atoms with Gasteiger partial charge in [-0.15, -0.1) is 0 Å². The van der Waals surface area contributed by atoms with Gasteiger partial charge in [0.25, 0.3) is 5.52 Å². The summed E-state index contributed by atoms with van der Waals surface area (Å²) in [4.78, 5) is 7.06. The molecule has 3 aliphatic rings. The van der Waals surface area contributed by atoms with E-state index in [0.717, 1.165) is 54.6 Å². The summed E-state index contributed by atoms with van der Waals surface area (Å²) in [7, 11) is 0. The Morgan fingerprint density at radius 1 is 0.714 bits per heavy atom. The minimum absolute atomic E-state index is 0.190. The molecule has 0 radical (unpaired) electrons. The lowest BCUT2D eigenvalue weighted by atomic mass is 10.1. The van der Waals surface area contributed by atoms with Crippen molar-refractivity contribution in [2.24, 2.45) is 0 Å². The quantitative estimate of drug-likeness (QED) is 0.0772. The number of allylic oxidation sites excluding steroid dienone is 4. The number of ether oxygens (including phenoxy) is 2. The van der Waals surface area contributed by atoms with Crippen molar-refractivity contribution in [1.29, 1.82) is 0 Å². The molecule has 0 amide bonds. The SMILES string of the molecule is C(C=CN1CCCC1)=Cc1oc2cc3ccccc3cc2[n+]1CCOCCN1c2cc3ccccc3cc2OC1C=CC=CN1CCCC1. The van der Waals surface area contributed by atoms with Gasteiger partial charge in [-0.1, -0.05) is 60.7 Å². The molecular weight excluding hydrogens is 608 g/mol. The highest BCUT2D eigenvalue weighted by Gasteiger charge is 2.29. The Morgan fingerprint density at radius 3 is 2.06 bits per heavy atom. The van der Waals surface area contributed by atoms with Crippen LogP contribution in [-0.4, -0.2) is 62.0 Å². The summed E-state index contributed by atoms with van der Waals surface area (Å²) in [6, 6.07) is 25.7. The molecule has 0 N–H and O–H groups in total. The Bertz CT molecular complexity index is 2030. The number of anilines is 1. The number of fused-ring (bicyclic) bond motifs is 4. The van der Waals surface area contributed by atoms with Gasteiger partial charge in [-0.05, 0) is 96.1 Å². The first-order valence-corrected chi connectivity index (χ1v) is 17.9. The zero-order valence-corrected chi connectivity index (χ0v) is 28.1. The highest BCUT2D eigenvalue weighted by molar-refractivity contribution is 5.93. The molecule has 5 aromatic rings. The van der Waals surface area contributed by atoms with Crippen molar-refractivity contribution in [3.8, 4) is 5.75 Å². The van der Waals surface area contributed by atoms with Crippen LogP contribution in [0.2, 0.25) is 0 Å². The van der Waals surface area contributed by atoms with E-state index in [9.17, 15) is 0 Å². The third-order valence-corrected chi connectivity index (χ3v) is 9.84. The van der Waals surface area contributed by atoms with Gasteiger partial charge in [0.2, 0.25) is 5.58 Å². The summed E-state index contributed by atoms with van der Waals surface area (Å²) in [5.41, 5.74) is 3.07. The van der Waals surface area contributed by atoms with E-state index in [2.05, 4.69) is 141 Å². The van der Waals surface area contributed by atoms with Crippen molar-refractivity contribution in [3.05, 3.63) is 121 Å². The van der Waals surface area contributed by atoms with Crippen molar-refractivity contribution in [3.63, 3.8) is 0 Å². The maximum Gasteiger partial charge on any atom is 0.374 e. The normalized spacial score (nSPS) is 18.3. The molecule has 4 heterocycles. The molecule has 2 saturated heterocycles. The number of likely N-dealkylation sites (tertiary alicyclic amines) is 2. The Hall–Kier alpha value is -5.01. The molecule has 1 aromatic heterocycles. The second kappa shape index (κ2) is 14.6. The number of benzene rings is 4. The smallest absolute Gasteiger partial charge is 0.374 e. The topological polar surface area (TPSA) is 45.2 Å². The van der Waals surface area contributed by atoms with Crippen LogP contribution in [-0.2, 0) is 11.3 Å². The van der Waals surface area contributed by atoms with Crippen LogP contribution in [0.5, 0.6) is 5.75 Å². The van der Waals surface area contributed by atoms with E-state index in [4.69, 9.17) is 13.9 Å². The molecule has 1 atom stereocenters. The van der Waals surface area contributed by atoms with Crippen LogP contribution >= 0.6 is 0 Å². The average molecular weight is 654 g/mol. The zero-order valence-electron chi connectivity index (χ0n) is 28.1. The molecule has 3 aliphatic heterocycles. The van der Waals surface area contributed by atoms with Crippen LogP contribution in [0.25, 0.3) is 38.7 Å². The first-order chi connectivity index (χ1) is 24.3. The van der Waals surface area contributed by atoms with Crippen LogP contribution in [0.4, 0.5) is 5.69 Å². The second-order valence-electron chi connectivity index (χ2n) is 13.2. The number of nitrogens with zero attached hydrogens (tertiary/aromatic N) is 4. The third kappa shape index (κ3) is 7.08. The maximum absolute atomic E-state index is 6.50. The average Bonchev–Trinajstić information content (AvgIpc) is 3.95. The highest BCUT2D eigenvalue weighted by atomic mass is 16.5. The van der Waals surface area contributed by atoms with E-state index in [1.54, 1.807) is 0 Å². The molecular formula is C42H45N4O3+. The molecule has 7 nitrogen and oxygen atoms in total. The predicted octanol–water partition coefficient (Wildman–Crippen LogP) is 8.06. The number of rotatable bonds is 12. The Kier molecular flexibility index (Phi) is 9.33. The van der Waals surface area contributed by atoms with Gasteiger partial charge < -0.3 is 28.6 Å². The number of oxazole rings is 1. The summed E-state index contributed by atoms with van der Waals surface area (Å²) in [5, 5.41) is 4.77. The molecule has 8 rings (SSSR count). The lowest BCUT2D eigenvalue weighted by Crippen LogP contribution is -2.39. The van der Waals surface area contributed by atoms with Gasteiger partial charge in [-0.2, -0.15) is 4.57 Å². The van der Waals surface area contributed by atoms with Crippen LogP contribution < -0.4 is 14.2 Å². The number of hydrogen-bond donors (Lipinski definition) is 0. The van der Waals surface area contributed by atoms with E-state index >= 15 is 0 Å². The summed E-state index contributed by atoms with van der Waals surface area (Å²) in [5.74, 6) is 1.74. The lowest BCUT2D eigenvalue weighted by molar-refractivity contribution is -0.679. The molecule has 49 heavy (non-hydrogen) atoms. The van der Waals surface area contributed by atoms with Gasteiger partial charge in [0.1, 0.15) is 12.4 Å². The van der Waals surface area contributed by atoms with Crippen LogP contribution in [0, 0.1) is 0 Å². The standard InChI is InChI=1S/C42H45N4O3/c1-3-15-35-31-39-37(29-33(35)13-1)45(41(48-39)17-5-7-19-43-21-9-10-22-43)25-27-47-28-26-46-38-30-34-14-2-4-16-36(34)32-40(38)49-42(46)18-6-8-20-44-23-11-12-24-44/h1-8,13-20,29-32,41H,9-12,21-28H2/q+1. The molecule has 0 aliphatic carbocycles. The minimum Gasteiger partial charge on any atom is -0.465 e. The molecule has 0 saturated carbocycles. The first-order valence-electron chi connectivity index (χ1n) is 17.9. The van der Waals surface area contributed by atoms with E-state index < -0.39 is 0 Å². The van der Waals surface area contributed by atoms with Crippen molar-refractivity contribution >= 4 is 44.4 Å². The minimum atomic E-state index is -0.190. The van der Waals surface area contributed by atoms with E-state index in [1.807, 2.05) is 0 Å². The summed E-state index contributed by atoms with van der Waals surface area (Å²) in [6.07, 6.45) is 21.9. The van der Waals surface area contributed by atoms with Gasteiger partial charge in [0, 0.05) is 38.8 Å². The third-order valence-electron chi connectivity index (χ3n) is 9.84. The van der Waals surface area contributed by atoms with Crippen molar-refractivity contribution in [2.75, 3.05) is 50.8 Å². The van der Waals surface area contributed by atoms with Gasteiger partial charge >= 0.3 is 5.89 Å². The van der Waals surface area contributed by atoms with Gasteiger partial charge in [-0.25, -0.2) is 0 Å². The summed E-state index contributed by atoms with van der Waals surface area (Å²) >= 11 is 0. The van der Waals surface area contributed by atoms with Crippen LogP contribution in [0.1, 0.15) is 31.6 Å².